The van der Waals surface area contributed by atoms with Crippen molar-refractivity contribution in [1.82, 2.24) is 4.90 Å². The van der Waals surface area contributed by atoms with E-state index in [0.29, 0.717) is 49.5 Å². The number of carbonyl (C=O) groups is 2. The Morgan fingerprint density at radius 2 is 1.56 bits per heavy atom. The van der Waals surface area contributed by atoms with Gasteiger partial charge in [-0.25, -0.2) is 4.79 Å². The third kappa shape index (κ3) is 6.18. The van der Waals surface area contributed by atoms with E-state index >= 15 is 0 Å². The van der Waals surface area contributed by atoms with E-state index in [1.807, 2.05) is 60.7 Å². The van der Waals surface area contributed by atoms with Gasteiger partial charge in [0.05, 0.1) is 18.2 Å². The van der Waals surface area contributed by atoms with Crippen molar-refractivity contribution in [2.24, 2.45) is 5.73 Å². The Kier molecular flexibility index (Phi) is 8.40. The molecule has 0 heterocycles. The number of nitrogens with two attached hydrogens (primary N) is 1. The van der Waals surface area contributed by atoms with E-state index in [1.165, 1.54) is 7.11 Å². The molecular formula is C26H28N2O4. The highest BCUT2D eigenvalue weighted by atomic mass is 16.5. The maximum absolute atomic E-state index is 13.4. The summed E-state index contributed by atoms with van der Waals surface area (Å²) in [4.78, 5) is 26.9. The van der Waals surface area contributed by atoms with Crippen molar-refractivity contribution < 1.29 is 19.1 Å². The lowest BCUT2D eigenvalue weighted by atomic mass is 10.1. The highest BCUT2D eigenvalue weighted by molar-refractivity contribution is 5.97. The third-order valence-corrected chi connectivity index (χ3v) is 5.02. The summed E-state index contributed by atoms with van der Waals surface area (Å²) in [5.74, 6) is 0.0244. The maximum atomic E-state index is 13.4. The van der Waals surface area contributed by atoms with Crippen LogP contribution < -0.4 is 10.5 Å². The fourth-order valence-corrected chi connectivity index (χ4v) is 3.29. The number of carbonyl (C=O) groups excluding carboxylic acids is 2. The van der Waals surface area contributed by atoms with Gasteiger partial charge in [0.1, 0.15) is 12.4 Å². The first-order valence-corrected chi connectivity index (χ1v) is 10.5. The molecule has 0 fully saturated rings. The minimum absolute atomic E-state index is 0.126. The second-order valence-electron chi connectivity index (χ2n) is 7.33. The number of hydrogen-bond acceptors (Lipinski definition) is 5. The number of para-hydroxylation sites is 1. The molecule has 0 aliphatic rings. The van der Waals surface area contributed by atoms with Crippen LogP contribution in [0.25, 0.3) is 0 Å². The molecule has 1 amide bonds. The van der Waals surface area contributed by atoms with Crippen LogP contribution in [0.5, 0.6) is 5.75 Å². The van der Waals surface area contributed by atoms with Gasteiger partial charge in [-0.2, -0.15) is 0 Å². The van der Waals surface area contributed by atoms with Gasteiger partial charge in [0, 0.05) is 13.1 Å². The smallest absolute Gasteiger partial charge is 0.337 e. The third-order valence-electron chi connectivity index (χ3n) is 5.02. The molecule has 0 bridgehead atoms. The van der Waals surface area contributed by atoms with Crippen molar-refractivity contribution in [2.75, 3.05) is 20.2 Å². The number of amides is 1. The van der Waals surface area contributed by atoms with Crippen molar-refractivity contribution in [3.05, 3.63) is 101 Å². The largest absolute Gasteiger partial charge is 0.488 e. The zero-order chi connectivity index (χ0) is 22.8. The van der Waals surface area contributed by atoms with Crippen LogP contribution in [0.3, 0.4) is 0 Å². The first-order valence-electron chi connectivity index (χ1n) is 10.5. The summed E-state index contributed by atoms with van der Waals surface area (Å²) in [5.41, 5.74) is 8.62. The monoisotopic (exact) mass is 432 g/mol. The second kappa shape index (κ2) is 11.7. The fourth-order valence-electron chi connectivity index (χ4n) is 3.29. The molecule has 3 rings (SSSR count). The first-order chi connectivity index (χ1) is 15.6. The SMILES string of the molecule is COC(=O)c1ccc(CN(CCCN)C(=O)c2ccccc2OCc2ccccc2)cc1. The topological polar surface area (TPSA) is 81.9 Å². The van der Waals surface area contributed by atoms with Crippen molar-refractivity contribution in [3.63, 3.8) is 0 Å². The molecule has 0 saturated carbocycles. The highest BCUT2D eigenvalue weighted by Crippen LogP contribution is 2.22. The molecule has 6 nitrogen and oxygen atoms in total. The lowest BCUT2D eigenvalue weighted by Crippen LogP contribution is -2.32. The van der Waals surface area contributed by atoms with Crippen LogP contribution >= 0.6 is 0 Å². The van der Waals surface area contributed by atoms with E-state index in [9.17, 15) is 9.59 Å². The predicted octanol–water partition coefficient (Wildman–Crippen LogP) is 4.04. The molecule has 3 aromatic rings. The lowest BCUT2D eigenvalue weighted by molar-refractivity contribution is 0.0600. The minimum atomic E-state index is -0.392. The molecule has 0 radical (unpaired) electrons. The summed E-state index contributed by atoms with van der Waals surface area (Å²) >= 11 is 0. The second-order valence-corrected chi connectivity index (χ2v) is 7.33. The van der Waals surface area contributed by atoms with Gasteiger partial charge in [0.15, 0.2) is 0 Å². The van der Waals surface area contributed by atoms with Crippen molar-refractivity contribution in [3.8, 4) is 5.75 Å². The Labute approximate surface area is 188 Å². The van der Waals surface area contributed by atoms with Crippen LogP contribution in [0.4, 0.5) is 0 Å². The molecule has 0 aromatic heterocycles. The number of ether oxygens (including phenoxy) is 2. The van der Waals surface area contributed by atoms with Crippen molar-refractivity contribution in [1.29, 1.82) is 0 Å². The van der Waals surface area contributed by atoms with Gasteiger partial charge in [0.2, 0.25) is 0 Å². The molecule has 166 valence electrons. The Morgan fingerprint density at radius 3 is 2.25 bits per heavy atom. The van der Waals surface area contributed by atoms with Gasteiger partial charge in [0.25, 0.3) is 5.91 Å². The van der Waals surface area contributed by atoms with Crippen LogP contribution in [0.1, 0.15) is 38.3 Å². The molecule has 0 spiro atoms. The van der Waals surface area contributed by atoms with Gasteiger partial charge < -0.3 is 20.1 Å². The van der Waals surface area contributed by atoms with Crippen molar-refractivity contribution in [2.45, 2.75) is 19.6 Å². The molecule has 6 heteroatoms. The molecule has 32 heavy (non-hydrogen) atoms. The molecule has 0 saturated heterocycles. The average molecular weight is 433 g/mol. The number of benzene rings is 3. The molecular weight excluding hydrogens is 404 g/mol. The number of nitrogens with zero attached hydrogens (tertiary/aromatic N) is 1. The fraction of sp³-hybridized carbons (Fsp3) is 0.231. The van der Waals surface area contributed by atoms with E-state index in [1.54, 1.807) is 23.1 Å². The van der Waals surface area contributed by atoms with Crippen LogP contribution in [0.2, 0.25) is 0 Å². The minimum Gasteiger partial charge on any atom is -0.488 e. The zero-order valence-corrected chi connectivity index (χ0v) is 18.2. The lowest BCUT2D eigenvalue weighted by Gasteiger charge is -2.24. The standard InChI is InChI=1S/C26H28N2O4/c1-31-26(30)22-14-12-20(13-15-22)18-28(17-7-16-27)25(29)23-10-5-6-11-24(23)32-19-21-8-3-2-4-9-21/h2-6,8-15H,7,16-19,27H2,1H3. The number of esters is 1. The Bertz CT molecular complexity index is 1020. The molecule has 0 unspecified atom stereocenters. The van der Waals surface area contributed by atoms with Gasteiger partial charge in [-0.15, -0.1) is 0 Å². The van der Waals surface area contributed by atoms with Crippen LogP contribution in [-0.2, 0) is 17.9 Å². The maximum Gasteiger partial charge on any atom is 0.337 e. The number of rotatable bonds is 10. The van der Waals surface area contributed by atoms with E-state index in [-0.39, 0.29) is 5.91 Å². The van der Waals surface area contributed by atoms with E-state index in [0.717, 1.165) is 11.1 Å². The van der Waals surface area contributed by atoms with E-state index < -0.39 is 5.97 Å². The number of hydrogen-bond donors (Lipinski definition) is 1. The Morgan fingerprint density at radius 1 is 0.875 bits per heavy atom. The predicted molar refractivity (Wildman–Crippen MR) is 123 cm³/mol. The van der Waals surface area contributed by atoms with Gasteiger partial charge in [-0.3, -0.25) is 4.79 Å². The molecule has 0 aliphatic carbocycles. The summed E-state index contributed by atoms with van der Waals surface area (Å²) in [6.07, 6.45) is 0.680. The van der Waals surface area contributed by atoms with Crippen LogP contribution in [-0.4, -0.2) is 37.0 Å². The molecule has 0 atom stereocenters. The Balaban J connectivity index is 1.77. The first kappa shape index (κ1) is 23.0. The summed E-state index contributed by atoms with van der Waals surface area (Å²) in [6.45, 7) is 1.77. The van der Waals surface area contributed by atoms with Gasteiger partial charge in [-0.05, 0) is 48.4 Å². The highest BCUT2D eigenvalue weighted by Gasteiger charge is 2.20. The zero-order valence-electron chi connectivity index (χ0n) is 18.2. The van der Waals surface area contributed by atoms with Gasteiger partial charge in [-0.1, -0.05) is 54.6 Å². The van der Waals surface area contributed by atoms with E-state index in [2.05, 4.69) is 0 Å². The number of methoxy groups -OCH3 is 1. The summed E-state index contributed by atoms with van der Waals surface area (Å²) in [5, 5.41) is 0. The molecule has 3 aromatic carbocycles. The normalized spacial score (nSPS) is 10.4. The summed E-state index contributed by atoms with van der Waals surface area (Å²) in [7, 11) is 1.35. The Hall–Kier alpha value is -3.64. The quantitative estimate of drug-likeness (QED) is 0.489. The summed E-state index contributed by atoms with van der Waals surface area (Å²) < 4.78 is 10.7. The van der Waals surface area contributed by atoms with Crippen LogP contribution in [0, 0.1) is 0 Å². The van der Waals surface area contributed by atoms with Gasteiger partial charge >= 0.3 is 5.97 Å². The molecule has 2 N–H and O–H groups in total. The van der Waals surface area contributed by atoms with Crippen molar-refractivity contribution >= 4 is 11.9 Å². The summed E-state index contributed by atoms with van der Waals surface area (Å²) in [6, 6.07) is 24.1. The average Bonchev–Trinajstić information content (AvgIpc) is 2.85. The van der Waals surface area contributed by atoms with E-state index in [4.69, 9.17) is 15.2 Å². The van der Waals surface area contributed by atoms with Crippen LogP contribution in [0.15, 0.2) is 78.9 Å². The molecule has 0 aliphatic heterocycles.